The third-order valence-corrected chi connectivity index (χ3v) is 3.54. The number of hydrogen-bond acceptors (Lipinski definition) is 5. The fourth-order valence-corrected chi connectivity index (χ4v) is 2.37. The summed E-state index contributed by atoms with van der Waals surface area (Å²) in [5.41, 5.74) is -2.13. The third-order valence-electron chi connectivity index (χ3n) is 3.54. The zero-order chi connectivity index (χ0) is 16.0. The molecule has 0 saturated carbocycles. The first-order valence-corrected chi connectivity index (χ1v) is 6.44. The lowest BCUT2D eigenvalue weighted by Gasteiger charge is -2.09. The molecular weight excluding hydrogens is 288 g/mol. The van der Waals surface area contributed by atoms with E-state index in [4.69, 9.17) is 4.42 Å². The first-order chi connectivity index (χ1) is 10.4. The van der Waals surface area contributed by atoms with E-state index in [0.717, 1.165) is 9.13 Å². The molecule has 7 heteroatoms. The molecule has 3 aromatic rings. The van der Waals surface area contributed by atoms with Crippen LogP contribution in [0.2, 0.25) is 0 Å². The van der Waals surface area contributed by atoms with Crippen LogP contribution in [0.1, 0.15) is 0 Å². The number of nitrogens with zero attached hydrogens (tertiary/aromatic N) is 2. The summed E-state index contributed by atoms with van der Waals surface area (Å²) in [5.74, 6) is -0.492. The van der Waals surface area contributed by atoms with Crippen LogP contribution in [-0.4, -0.2) is 14.2 Å². The summed E-state index contributed by atoms with van der Waals surface area (Å²) in [7, 11) is 2.64. The van der Waals surface area contributed by atoms with Crippen LogP contribution in [0.3, 0.4) is 0 Å². The van der Waals surface area contributed by atoms with E-state index in [-0.39, 0.29) is 16.7 Å². The average Bonchev–Trinajstić information content (AvgIpc) is 2.51. The summed E-state index contributed by atoms with van der Waals surface area (Å²) in [5, 5.41) is 10.2. The molecular formula is C15H12N2O5. The molecule has 0 amide bonds. The maximum absolute atomic E-state index is 12.2. The number of aromatic hydroxyl groups is 1. The van der Waals surface area contributed by atoms with Gasteiger partial charge in [-0.05, 0) is 5.56 Å². The smallest absolute Gasteiger partial charge is 0.349 e. The SMILES string of the molecule is Cn1c(=O)c2c(O)c(-c3ccccc3)c(=O)oc2n(C)c1=O. The molecule has 0 spiro atoms. The Morgan fingerprint density at radius 3 is 2.27 bits per heavy atom. The largest absolute Gasteiger partial charge is 0.506 e. The molecule has 0 aliphatic rings. The second-order valence-corrected chi connectivity index (χ2v) is 4.87. The monoisotopic (exact) mass is 300 g/mol. The van der Waals surface area contributed by atoms with Crippen LogP contribution < -0.4 is 16.9 Å². The van der Waals surface area contributed by atoms with Gasteiger partial charge in [-0.25, -0.2) is 9.59 Å². The van der Waals surface area contributed by atoms with Crippen molar-refractivity contribution in [3.8, 4) is 16.9 Å². The molecule has 0 radical (unpaired) electrons. The lowest BCUT2D eigenvalue weighted by atomic mass is 10.1. The summed E-state index contributed by atoms with van der Waals surface area (Å²) in [4.78, 5) is 36.3. The van der Waals surface area contributed by atoms with Crippen molar-refractivity contribution in [2.24, 2.45) is 14.1 Å². The lowest BCUT2D eigenvalue weighted by molar-refractivity contribution is 0.461. The van der Waals surface area contributed by atoms with Crippen LogP contribution in [0, 0.1) is 0 Å². The molecule has 0 unspecified atom stereocenters. The first kappa shape index (κ1) is 13.9. The van der Waals surface area contributed by atoms with Gasteiger partial charge in [0.1, 0.15) is 16.7 Å². The molecule has 0 aliphatic heterocycles. The van der Waals surface area contributed by atoms with Gasteiger partial charge in [-0.2, -0.15) is 0 Å². The number of hydrogen-bond donors (Lipinski definition) is 1. The zero-order valence-electron chi connectivity index (χ0n) is 11.9. The predicted molar refractivity (Wildman–Crippen MR) is 80.1 cm³/mol. The summed E-state index contributed by atoms with van der Waals surface area (Å²) in [6, 6.07) is 8.37. The van der Waals surface area contributed by atoms with E-state index in [9.17, 15) is 19.5 Å². The Hall–Kier alpha value is -3.09. The molecule has 2 heterocycles. The normalized spacial score (nSPS) is 11.0. The van der Waals surface area contributed by atoms with Crippen LogP contribution >= 0.6 is 0 Å². The maximum Gasteiger partial charge on any atom is 0.349 e. The second kappa shape index (κ2) is 4.73. The van der Waals surface area contributed by atoms with Gasteiger partial charge >= 0.3 is 11.3 Å². The highest BCUT2D eigenvalue weighted by molar-refractivity contribution is 5.87. The maximum atomic E-state index is 12.2. The number of benzene rings is 1. The number of fused-ring (bicyclic) bond motifs is 1. The number of aromatic nitrogens is 2. The minimum atomic E-state index is -0.820. The fraction of sp³-hybridized carbons (Fsp3) is 0.133. The van der Waals surface area contributed by atoms with Gasteiger partial charge in [0.2, 0.25) is 5.71 Å². The molecule has 0 bridgehead atoms. The van der Waals surface area contributed by atoms with E-state index >= 15 is 0 Å². The van der Waals surface area contributed by atoms with E-state index in [1.54, 1.807) is 30.3 Å². The number of rotatable bonds is 1. The predicted octanol–water partition coefficient (Wildman–Crippen LogP) is 0.563. The van der Waals surface area contributed by atoms with Crippen LogP contribution in [0.4, 0.5) is 0 Å². The molecule has 2 aromatic heterocycles. The molecule has 22 heavy (non-hydrogen) atoms. The van der Waals surface area contributed by atoms with Crippen molar-refractivity contribution >= 4 is 11.1 Å². The summed E-state index contributed by atoms with van der Waals surface area (Å²) in [6.07, 6.45) is 0. The van der Waals surface area contributed by atoms with Crippen molar-refractivity contribution in [1.82, 2.24) is 9.13 Å². The molecule has 0 atom stereocenters. The van der Waals surface area contributed by atoms with E-state index in [1.165, 1.54) is 14.1 Å². The van der Waals surface area contributed by atoms with Crippen molar-refractivity contribution in [1.29, 1.82) is 0 Å². The Labute approximate surface area is 123 Å². The quantitative estimate of drug-likeness (QED) is 0.708. The molecule has 1 aromatic carbocycles. The summed E-state index contributed by atoms with van der Waals surface area (Å²) in [6.45, 7) is 0. The van der Waals surface area contributed by atoms with Crippen molar-refractivity contribution in [3.05, 3.63) is 61.6 Å². The molecule has 112 valence electrons. The first-order valence-electron chi connectivity index (χ1n) is 6.44. The Balaban J connectivity index is 2.58. The third kappa shape index (κ3) is 1.79. The van der Waals surface area contributed by atoms with Gasteiger partial charge in [0.05, 0.1) is 0 Å². The van der Waals surface area contributed by atoms with Crippen molar-refractivity contribution in [3.63, 3.8) is 0 Å². The Bertz CT molecular complexity index is 1060. The van der Waals surface area contributed by atoms with Crippen molar-refractivity contribution < 1.29 is 9.52 Å². The lowest BCUT2D eigenvalue weighted by Crippen LogP contribution is -2.37. The zero-order valence-corrected chi connectivity index (χ0v) is 11.9. The van der Waals surface area contributed by atoms with Crippen molar-refractivity contribution in [2.45, 2.75) is 0 Å². The molecule has 0 saturated heterocycles. The summed E-state index contributed by atoms with van der Waals surface area (Å²) < 4.78 is 6.96. The topological polar surface area (TPSA) is 94.4 Å². The Morgan fingerprint density at radius 1 is 1.00 bits per heavy atom. The fourth-order valence-electron chi connectivity index (χ4n) is 2.37. The molecule has 0 fully saturated rings. The van der Waals surface area contributed by atoms with Crippen LogP contribution in [0.25, 0.3) is 22.2 Å². The van der Waals surface area contributed by atoms with Crippen LogP contribution in [0.15, 0.2) is 49.1 Å². The van der Waals surface area contributed by atoms with Gasteiger partial charge in [0.25, 0.3) is 5.56 Å². The van der Waals surface area contributed by atoms with E-state index in [2.05, 4.69) is 0 Å². The average molecular weight is 300 g/mol. The standard InChI is InChI=1S/C15H12N2O5/c1-16-12(19)10-11(18)9(8-6-4-3-5-7-8)14(20)22-13(10)17(2)15(16)21/h3-7,18H,1-2H3. The summed E-state index contributed by atoms with van der Waals surface area (Å²) >= 11 is 0. The van der Waals surface area contributed by atoms with Gasteiger partial charge in [0, 0.05) is 14.1 Å². The molecule has 3 rings (SSSR count). The van der Waals surface area contributed by atoms with Crippen molar-refractivity contribution in [2.75, 3.05) is 0 Å². The second-order valence-electron chi connectivity index (χ2n) is 4.87. The highest BCUT2D eigenvalue weighted by atomic mass is 16.4. The van der Waals surface area contributed by atoms with Gasteiger partial charge in [-0.15, -0.1) is 0 Å². The molecule has 7 nitrogen and oxygen atoms in total. The molecule has 0 aliphatic carbocycles. The minimum Gasteiger partial charge on any atom is -0.506 e. The highest BCUT2D eigenvalue weighted by Crippen LogP contribution is 2.30. The van der Waals surface area contributed by atoms with E-state index in [0.29, 0.717) is 5.56 Å². The van der Waals surface area contributed by atoms with Gasteiger partial charge in [0.15, 0.2) is 0 Å². The Kier molecular flexibility index (Phi) is 2.98. The minimum absolute atomic E-state index is 0.108. The molecule has 1 N–H and O–H groups in total. The van der Waals surface area contributed by atoms with Gasteiger partial charge in [-0.1, -0.05) is 30.3 Å². The van der Waals surface area contributed by atoms with E-state index < -0.39 is 22.6 Å². The van der Waals surface area contributed by atoms with Crippen LogP contribution in [-0.2, 0) is 14.1 Å². The van der Waals surface area contributed by atoms with Gasteiger partial charge < -0.3 is 9.52 Å². The highest BCUT2D eigenvalue weighted by Gasteiger charge is 2.21. The number of aryl methyl sites for hydroxylation is 1. The van der Waals surface area contributed by atoms with E-state index in [1.807, 2.05) is 0 Å². The van der Waals surface area contributed by atoms with Crippen LogP contribution in [0.5, 0.6) is 5.75 Å². The Morgan fingerprint density at radius 2 is 1.64 bits per heavy atom. The van der Waals surface area contributed by atoms with Gasteiger partial charge in [-0.3, -0.25) is 13.9 Å².